The number of carboxylic acids is 1. The molecule has 1 aromatic carbocycles. The van der Waals surface area contributed by atoms with Crippen LogP contribution in [0.2, 0.25) is 5.02 Å². The zero-order valence-corrected chi connectivity index (χ0v) is 10.8. The molecule has 1 unspecified atom stereocenters. The molecule has 2 nitrogen and oxygen atoms in total. The zero-order chi connectivity index (χ0) is 12.4. The van der Waals surface area contributed by atoms with E-state index in [1.165, 1.54) is 11.3 Å². The summed E-state index contributed by atoms with van der Waals surface area (Å²) in [6.07, 6.45) is 0. The zero-order valence-electron chi connectivity index (χ0n) is 9.18. The van der Waals surface area contributed by atoms with Crippen LogP contribution in [0, 0.1) is 0 Å². The van der Waals surface area contributed by atoms with Gasteiger partial charge in [0.05, 0.1) is 0 Å². The molecular formula is C13H11ClO2S. The number of aromatic carboxylic acids is 1. The molecule has 0 spiro atoms. The Morgan fingerprint density at radius 3 is 2.82 bits per heavy atom. The van der Waals surface area contributed by atoms with Crippen LogP contribution in [0.4, 0.5) is 0 Å². The lowest BCUT2D eigenvalue weighted by atomic mass is 9.93. The van der Waals surface area contributed by atoms with Crippen LogP contribution in [0.5, 0.6) is 0 Å². The lowest BCUT2D eigenvalue weighted by Crippen LogP contribution is -2.02. The van der Waals surface area contributed by atoms with Gasteiger partial charge in [0.1, 0.15) is 4.88 Å². The number of benzene rings is 1. The predicted molar refractivity (Wildman–Crippen MR) is 70.2 cm³/mol. The summed E-state index contributed by atoms with van der Waals surface area (Å²) < 4.78 is 0. The molecule has 1 atom stereocenters. The summed E-state index contributed by atoms with van der Waals surface area (Å²) >= 11 is 7.19. The molecule has 1 N–H and O–H groups in total. The Hall–Kier alpha value is -1.32. The average molecular weight is 267 g/mol. The first-order chi connectivity index (χ1) is 8.09. The maximum absolute atomic E-state index is 11.1. The number of rotatable bonds is 3. The summed E-state index contributed by atoms with van der Waals surface area (Å²) in [6, 6.07) is 9.37. The third kappa shape index (κ3) is 2.51. The number of hydrogen-bond donors (Lipinski definition) is 1. The van der Waals surface area contributed by atoms with Gasteiger partial charge in [-0.3, -0.25) is 0 Å². The number of hydrogen-bond acceptors (Lipinski definition) is 2. The first kappa shape index (κ1) is 12.1. The van der Waals surface area contributed by atoms with E-state index in [1.807, 2.05) is 37.3 Å². The van der Waals surface area contributed by atoms with Gasteiger partial charge in [-0.05, 0) is 34.7 Å². The van der Waals surface area contributed by atoms with Crippen LogP contribution >= 0.6 is 22.9 Å². The predicted octanol–water partition coefficient (Wildman–Crippen LogP) is 4.25. The van der Waals surface area contributed by atoms with Crippen LogP contribution in [-0.2, 0) is 0 Å². The summed E-state index contributed by atoms with van der Waals surface area (Å²) in [5.74, 6) is -0.838. The first-order valence-corrected chi connectivity index (χ1v) is 6.41. The molecule has 0 aliphatic heterocycles. The number of thiophene rings is 1. The molecule has 0 bridgehead atoms. The number of carboxylic acid groups (broad SMARTS) is 1. The molecule has 0 saturated heterocycles. The van der Waals surface area contributed by atoms with Gasteiger partial charge in [-0.15, -0.1) is 11.3 Å². The van der Waals surface area contributed by atoms with Crippen molar-refractivity contribution in [1.29, 1.82) is 0 Å². The normalized spacial score (nSPS) is 12.4. The Kier molecular flexibility index (Phi) is 3.50. The van der Waals surface area contributed by atoms with E-state index in [2.05, 4.69) is 0 Å². The minimum atomic E-state index is -0.871. The summed E-state index contributed by atoms with van der Waals surface area (Å²) in [6.45, 7) is 1.99. The van der Waals surface area contributed by atoms with E-state index in [-0.39, 0.29) is 5.92 Å². The highest BCUT2D eigenvalue weighted by Crippen LogP contribution is 2.31. The lowest BCUT2D eigenvalue weighted by Gasteiger charge is -2.12. The van der Waals surface area contributed by atoms with Gasteiger partial charge in [0.25, 0.3) is 0 Å². The van der Waals surface area contributed by atoms with Crippen molar-refractivity contribution in [2.24, 2.45) is 0 Å². The topological polar surface area (TPSA) is 37.3 Å². The third-order valence-corrected chi connectivity index (χ3v) is 3.86. The quantitative estimate of drug-likeness (QED) is 0.902. The molecule has 0 fully saturated rings. The van der Waals surface area contributed by atoms with E-state index >= 15 is 0 Å². The smallest absolute Gasteiger partial charge is 0.346 e. The Morgan fingerprint density at radius 2 is 2.18 bits per heavy atom. The van der Waals surface area contributed by atoms with Gasteiger partial charge in [0.2, 0.25) is 0 Å². The first-order valence-electron chi connectivity index (χ1n) is 5.15. The fourth-order valence-electron chi connectivity index (χ4n) is 1.79. The molecule has 0 radical (unpaired) electrons. The van der Waals surface area contributed by atoms with Gasteiger partial charge in [0.15, 0.2) is 0 Å². The summed E-state index contributed by atoms with van der Waals surface area (Å²) in [4.78, 5) is 11.5. The van der Waals surface area contributed by atoms with Gasteiger partial charge in [-0.25, -0.2) is 4.79 Å². The van der Waals surface area contributed by atoms with Gasteiger partial charge in [0, 0.05) is 10.9 Å². The molecule has 88 valence electrons. The molecule has 1 aromatic heterocycles. The van der Waals surface area contributed by atoms with Crippen LogP contribution in [0.25, 0.3) is 0 Å². The highest BCUT2D eigenvalue weighted by molar-refractivity contribution is 7.12. The maximum atomic E-state index is 11.1. The van der Waals surface area contributed by atoms with Gasteiger partial charge < -0.3 is 5.11 Å². The second kappa shape index (κ2) is 4.90. The van der Waals surface area contributed by atoms with E-state index < -0.39 is 5.97 Å². The Bertz CT molecular complexity index is 548. The van der Waals surface area contributed by atoms with Gasteiger partial charge >= 0.3 is 5.97 Å². The van der Waals surface area contributed by atoms with Crippen molar-refractivity contribution in [3.05, 3.63) is 56.7 Å². The SMILES string of the molecule is CC(c1cccc(Cl)c1)c1ccsc1C(=O)O. The molecule has 2 aromatic rings. The van der Waals surface area contributed by atoms with Crippen LogP contribution in [0.3, 0.4) is 0 Å². The molecule has 17 heavy (non-hydrogen) atoms. The van der Waals surface area contributed by atoms with Crippen molar-refractivity contribution in [1.82, 2.24) is 0 Å². The van der Waals surface area contributed by atoms with Gasteiger partial charge in [-0.2, -0.15) is 0 Å². The van der Waals surface area contributed by atoms with Crippen LogP contribution in [0.1, 0.15) is 33.6 Å². The fraction of sp³-hybridized carbons (Fsp3) is 0.154. The molecule has 0 amide bonds. The van der Waals surface area contributed by atoms with Crippen molar-refractivity contribution in [3.63, 3.8) is 0 Å². The fourth-order valence-corrected chi connectivity index (χ4v) is 2.82. The molecule has 0 saturated carbocycles. The van der Waals surface area contributed by atoms with Crippen molar-refractivity contribution >= 4 is 28.9 Å². The highest BCUT2D eigenvalue weighted by atomic mass is 35.5. The highest BCUT2D eigenvalue weighted by Gasteiger charge is 2.18. The second-order valence-electron chi connectivity index (χ2n) is 3.79. The summed E-state index contributed by atoms with van der Waals surface area (Å²) in [5, 5.41) is 11.6. The van der Waals surface area contributed by atoms with Crippen LogP contribution in [0.15, 0.2) is 35.7 Å². The molecule has 0 aliphatic rings. The van der Waals surface area contributed by atoms with E-state index in [4.69, 9.17) is 16.7 Å². The van der Waals surface area contributed by atoms with Crippen molar-refractivity contribution in [2.45, 2.75) is 12.8 Å². The van der Waals surface area contributed by atoms with E-state index in [0.717, 1.165) is 11.1 Å². The average Bonchev–Trinajstić information content (AvgIpc) is 2.77. The monoisotopic (exact) mass is 266 g/mol. The molecule has 0 aliphatic carbocycles. The molecular weight excluding hydrogens is 256 g/mol. The summed E-state index contributed by atoms with van der Waals surface area (Å²) in [5.41, 5.74) is 1.86. The summed E-state index contributed by atoms with van der Waals surface area (Å²) in [7, 11) is 0. The molecule has 2 rings (SSSR count). The lowest BCUT2D eigenvalue weighted by molar-refractivity contribution is 0.0701. The Morgan fingerprint density at radius 1 is 1.41 bits per heavy atom. The maximum Gasteiger partial charge on any atom is 0.346 e. The largest absolute Gasteiger partial charge is 0.477 e. The van der Waals surface area contributed by atoms with Crippen molar-refractivity contribution < 1.29 is 9.90 Å². The standard InChI is InChI=1S/C13H11ClO2S/c1-8(9-3-2-4-10(14)7-9)11-5-6-17-12(11)13(15)16/h2-8H,1H3,(H,15,16). The third-order valence-electron chi connectivity index (χ3n) is 2.71. The minimum absolute atomic E-state index is 0.0334. The number of carbonyl (C=O) groups is 1. The van der Waals surface area contributed by atoms with E-state index in [9.17, 15) is 4.79 Å². The minimum Gasteiger partial charge on any atom is -0.477 e. The molecule has 1 heterocycles. The number of halogens is 1. The van der Waals surface area contributed by atoms with E-state index in [1.54, 1.807) is 5.38 Å². The molecule has 4 heteroatoms. The Balaban J connectivity index is 2.40. The van der Waals surface area contributed by atoms with Crippen LogP contribution in [-0.4, -0.2) is 11.1 Å². The van der Waals surface area contributed by atoms with Crippen molar-refractivity contribution in [3.8, 4) is 0 Å². The van der Waals surface area contributed by atoms with Crippen LogP contribution < -0.4 is 0 Å². The van der Waals surface area contributed by atoms with Gasteiger partial charge in [-0.1, -0.05) is 30.7 Å². The van der Waals surface area contributed by atoms with E-state index in [0.29, 0.717) is 9.90 Å². The Labute approximate surface area is 108 Å². The second-order valence-corrected chi connectivity index (χ2v) is 5.14. The van der Waals surface area contributed by atoms with Crippen molar-refractivity contribution in [2.75, 3.05) is 0 Å².